The van der Waals surface area contributed by atoms with E-state index in [4.69, 9.17) is 5.11 Å². The molecule has 0 aliphatic carbocycles. The zero-order valence-electron chi connectivity index (χ0n) is 20.3. The van der Waals surface area contributed by atoms with Gasteiger partial charge in [-0.1, -0.05) is 6.07 Å². The van der Waals surface area contributed by atoms with Crippen molar-refractivity contribution >= 4 is 34.5 Å². The molecule has 2 fully saturated rings. The maximum absolute atomic E-state index is 13.9. The molecule has 4 rings (SSSR count). The van der Waals surface area contributed by atoms with Crippen LogP contribution in [-0.2, 0) is 28.5 Å². The summed E-state index contributed by atoms with van der Waals surface area (Å²) < 4.78 is 56.8. The Balaban J connectivity index is 1.37. The summed E-state index contributed by atoms with van der Waals surface area (Å²) >= 11 is 0. The molecule has 3 heterocycles. The number of anilines is 2. The Kier molecular flexibility index (Phi) is 8.07. The predicted octanol–water partition coefficient (Wildman–Crippen LogP) is 2.69. The second kappa shape index (κ2) is 11.1. The van der Waals surface area contributed by atoms with Crippen molar-refractivity contribution in [2.24, 2.45) is 5.92 Å². The number of carboxylic acid groups (broad SMARTS) is 1. The number of halogens is 3. The fraction of sp³-hybridized carbons (Fsp3) is 0.522. The van der Waals surface area contributed by atoms with Crippen molar-refractivity contribution in [1.29, 1.82) is 0 Å². The number of rotatable bonds is 6. The molecule has 37 heavy (non-hydrogen) atoms. The smallest absolute Gasteiger partial charge is 0.418 e. The van der Waals surface area contributed by atoms with E-state index < -0.39 is 34.6 Å². The van der Waals surface area contributed by atoms with E-state index in [9.17, 15) is 27.0 Å². The number of carbonyl (C=O) groups excluding carboxylic acids is 1. The first kappa shape index (κ1) is 26.9. The summed E-state index contributed by atoms with van der Waals surface area (Å²) in [5.74, 6) is -1.11. The first-order chi connectivity index (χ1) is 17.5. The van der Waals surface area contributed by atoms with Gasteiger partial charge in [0.05, 0.1) is 11.5 Å². The number of piperidine rings is 1. The Labute approximate surface area is 214 Å². The summed E-state index contributed by atoms with van der Waals surface area (Å²) in [6.07, 6.45) is -0.983. The minimum absolute atomic E-state index is 0.0792. The fourth-order valence-corrected chi connectivity index (χ4v) is 5.09. The van der Waals surface area contributed by atoms with E-state index in [2.05, 4.69) is 9.82 Å². The zero-order valence-corrected chi connectivity index (χ0v) is 21.1. The summed E-state index contributed by atoms with van der Waals surface area (Å²) in [6, 6.07) is 5.55. The number of benzene rings is 1. The van der Waals surface area contributed by atoms with Crippen molar-refractivity contribution < 1.29 is 32.1 Å². The fourth-order valence-electron chi connectivity index (χ4n) is 4.68. The molecule has 0 spiro atoms. The summed E-state index contributed by atoms with van der Waals surface area (Å²) in [5.41, 5.74) is -0.120. The zero-order chi connectivity index (χ0) is 26.7. The first-order valence-electron chi connectivity index (χ1n) is 11.9. The van der Waals surface area contributed by atoms with E-state index in [1.165, 1.54) is 29.3 Å². The number of carbonyl (C=O) groups is 2. The van der Waals surface area contributed by atoms with Crippen molar-refractivity contribution in [2.45, 2.75) is 25.6 Å². The average Bonchev–Trinajstić information content (AvgIpc) is 3.31. The van der Waals surface area contributed by atoms with Crippen LogP contribution in [-0.4, -0.2) is 86.4 Å². The van der Waals surface area contributed by atoms with E-state index in [-0.39, 0.29) is 24.8 Å². The van der Waals surface area contributed by atoms with Gasteiger partial charge in [-0.05, 0) is 30.5 Å². The van der Waals surface area contributed by atoms with Gasteiger partial charge in [0.15, 0.2) is 5.82 Å². The Morgan fingerprint density at radius 3 is 2.38 bits per heavy atom. The minimum atomic E-state index is -4.54. The standard InChI is InChI=1S/C23H29F3N6O4S/c1-37(36)28-20-6-9-32(27-20)22(35)31-12-10-29(11-13-31)15-16-2-3-19(18(14-16)23(24,25)26)30-7-4-17(5-8-30)21(33)34/h2-3,6,9,14,17H,4-5,7-8,10-13,15H2,1H3,(H,27,28)(H,33,34). The molecule has 1 atom stereocenters. The predicted molar refractivity (Wildman–Crippen MR) is 132 cm³/mol. The summed E-state index contributed by atoms with van der Waals surface area (Å²) in [6.45, 7) is 2.60. The summed E-state index contributed by atoms with van der Waals surface area (Å²) in [7, 11) is -1.31. The van der Waals surface area contributed by atoms with Crippen molar-refractivity contribution in [3.05, 3.63) is 41.6 Å². The van der Waals surface area contributed by atoms with Gasteiger partial charge in [-0.25, -0.2) is 9.00 Å². The quantitative estimate of drug-likeness (QED) is 0.578. The summed E-state index contributed by atoms with van der Waals surface area (Å²) in [4.78, 5) is 29.1. The highest BCUT2D eigenvalue weighted by Gasteiger charge is 2.36. The van der Waals surface area contributed by atoms with Crippen LogP contribution in [0.3, 0.4) is 0 Å². The van der Waals surface area contributed by atoms with Gasteiger partial charge in [0.1, 0.15) is 11.0 Å². The van der Waals surface area contributed by atoms with Crippen LogP contribution in [0.15, 0.2) is 30.5 Å². The van der Waals surface area contributed by atoms with Crippen molar-refractivity contribution in [2.75, 3.05) is 55.1 Å². The van der Waals surface area contributed by atoms with Gasteiger partial charge in [-0.15, -0.1) is 5.10 Å². The molecule has 10 nitrogen and oxygen atoms in total. The van der Waals surface area contributed by atoms with Gasteiger partial charge in [-0.2, -0.15) is 17.9 Å². The van der Waals surface area contributed by atoms with Crippen molar-refractivity contribution in [1.82, 2.24) is 19.6 Å². The molecule has 0 radical (unpaired) electrons. The molecular weight excluding hydrogens is 513 g/mol. The van der Waals surface area contributed by atoms with Crippen LogP contribution in [0, 0.1) is 5.92 Å². The van der Waals surface area contributed by atoms with E-state index in [1.807, 2.05) is 4.90 Å². The van der Waals surface area contributed by atoms with Crippen LogP contribution in [0.4, 0.5) is 29.5 Å². The van der Waals surface area contributed by atoms with Gasteiger partial charge in [0.2, 0.25) is 0 Å². The number of hydrogen-bond acceptors (Lipinski definition) is 6. The number of hydrogen-bond donors (Lipinski definition) is 2. The lowest BCUT2D eigenvalue weighted by atomic mass is 9.95. The maximum atomic E-state index is 13.9. The van der Waals surface area contributed by atoms with Crippen LogP contribution < -0.4 is 9.62 Å². The molecule has 2 aliphatic rings. The Morgan fingerprint density at radius 2 is 1.78 bits per heavy atom. The second-order valence-corrected chi connectivity index (χ2v) is 10.3. The molecular formula is C23H29F3N6O4S. The third kappa shape index (κ3) is 6.60. The average molecular weight is 543 g/mol. The molecule has 2 N–H and O–H groups in total. The third-order valence-electron chi connectivity index (χ3n) is 6.63. The van der Waals surface area contributed by atoms with Crippen molar-refractivity contribution in [3.63, 3.8) is 0 Å². The van der Waals surface area contributed by atoms with E-state index in [0.717, 1.165) is 0 Å². The molecule has 1 amide bonds. The second-order valence-electron chi connectivity index (χ2n) is 9.20. The number of alkyl halides is 3. The molecule has 1 aromatic heterocycles. The lowest BCUT2D eigenvalue weighted by molar-refractivity contribution is -0.142. The van der Waals surface area contributed by atoms with Crippen LogP contribution in [0.1, 0.15) is 24.0 Å². The van der Waals surface area contributed by atoms with Crippen LogP contribution >= 0.6 is 0 Å². The van der Waals surface area contributed by atoms with Gasteiger partial charge in [0, 0.05) is 70.0 Å². The number of aromatic nitrogens is 2. The van der Waals surface area contributed by atoms with Gasteiger partial charge in [0.25, 0.3) is 0 Å². The van der Waals surface area contributed by atoms with E-state index in [0.29, 0.717) is 56.9 Å². The molecule has 1 aromatic carbocycles. The van der Waals surface area contributed by atoms with Crippen LogP contribution in [0.2, 0.25) is 0 Å². The van der Waals surface area contributed by atoms with Gasteiger partial charge >= 0.3 is 18.2 Å². The molecule has 2 saturated heterocycles. The number of aliphatic carboxylic acids is 1. The van der Waals surface area contributed by atoms with Crippen LogP contribution in [0.5, 0.6) is 0 Å². The Hall–Kier alpha value is -3.13. The third-order valence-corrected chi connectivity index (χ3v) is 7.13. The molecule has 14 heteroatoms. The lowest BCUT2D eigenvalue weighted by Crippen LogP contribution is -2.49. The van der Waals surface area contributed by atoms with Gasteiger partial charge in [-0.3, -0.25) is 14.4 Å². The Bertz CT molecular complexity index is 1160. The largest absolute Gasteiger partial charge is 0.481 e. The highest BCUT2D eigenvalue weighted by molar-refractivity contribution is 7.85. The SMILES string of the molecule is CS(=O)Nc1ccn(C(=O)N2CCN(Cc3ccc(N4CCC(C(=O)O)CC4)c(C(F)(F)F)c3)CC2)n1. The molecule has 0 saturated carbocycles. The monoisotopic (exact) mass is 542 g/mol. The van der Waals surface area contributed by atoms with Gasteiger partial charge < -0.3 is 14.9 Å². The first-order valence-corrected chi connectivity index (χ1v) is 13.4. The number of amides is 1. The van der Waals surface area contributed by atoms with Crippen LogP contribution in [0.25, 0.3) is 0 Å². The minimum Gasteiger partial charge on any atom is -0.481 e. The number of nitrogens with one attached hydrogen (secondary N) is 1. The number of piperazine rings is 1. The molecule has 1 unspecified atom stereocenters. The molecule has 202 valence electrons. The highest BCUT2D eigenvalue weighted by atomic mass is 32.2. The number of nitrogens with zero attached hydrogens (tertiary/aromatic N) is 5. The summed E-state index contributed by atoms with van der Waals surface area (Å²) in [5, 5.41) is 13.2. The lowest BCUT2D eigenvalue weighted by Gasteiger charge is -2.35. The molecule has 2 aliphatic heterocycles. The number of carboxylic acids is 1. The molecule has 0 bridgehead atoms. The van der Waals surface area contributed by atoms with Crippen molar-refractivity contribution in [3.8, 4) is 0 Å². The maximum Gasteiger partial charge on any atom is 0.418 e. The van der Waals surface area contributed by atoms with E-state index >= 15 is 0 Å². The molecule has 2 aromatic rings. The normalized spacial score (nSPS) is 18.6. The topological polar surface area (TPSA) is 111 Å². The Morgan fingerprint density at radius 1 is 1.11 bits per heavy atom. The van der Waals surface area contributed by atoms with E-state index in [1.54, 1.807) is 21.9 Å². The highest BCUT2D eigenvalue weighted by Crippen LogP contribution is 2.39.